The molecule has 2 rings (SSSR count). The SMILES string of the molecule is CCCCCc1cc2c(s1)CCC(CC(=O)O)C2=O. The molecule has 3 nitrogen and oxygen atoms in total. The van der Waals surface area contributed by atoms with Crippen molar-refractivity contribution in [1.82, 2.24) is 0 Å². The topological polar surface area (TPSA) is 54.4 Å². The van der Waals surface area contributed by atoms with Crippen molar-refractivity contribution in [2.75, 3.05) is 0 Å². The van der Waals surface area contributed by atoms with Crippen molar-refractivity contribution in [2.45, 2.75) is 51.9 Å². The molecule has 1 aromatic heterocycles. The van der Waals surface area contributed by atoms with Crippen LogP contribution in [-0.4, -0.2) is 16.9 Å². The van der Waals surface area contributed by atoms with Crippen LogP contribution in [0.2, 0.25) is 0 Å². The van der Waals surface area contributed by atoms with E-state index in [1.54, 1.807) is 11.3 Å². The normalized spacial score (nSPS) is 18.4. The Morgan fingerprint density at radius 1 is 1.47 bits per heavy atom. The van der Waals surface area contributed by atoms with Crippen molar-refractivity contribution in [2.24, 2.45) is 5.92 Å². The number of carbonyl (C=O) groups is 2. The van der Waals surface area contributed by atoms with Gasteiger partial charge in [0.05, 0.1) is 6.42 Å². The number of rotatable bonds is 6. The van der Waals surface area contributed by atoms with Gasteiger partial charge in [-0.2, -0.15) is 0 Å². The van der Waals surface area contributed by atoms with E-state index in [0.717, 1.165) is 23.3 Å². The van der Waals surface area contributed by atoms with Gasteiger partial charge in [0.15, 0.2) is 5.78 Å². The van der Waals surface area contributed by atoms with Crippen LogP contribution in [-0.2, 0) is 17.6 Å². The summed E-state index contributed by atoms with van der Waals surface area (Å²) in [5.74, 6) is -1.15. The van der Waals surface area contributed by atoms with Crippen molar-refractivity contribution in [1.29, 1.82) is 0 Å². The molecule has 1 heterocycles. The van der Waals surface area contributed by atoms with Gasteiger partial charge in [-0.3, -0.25) is 9.59 Å². The Hall–Kier alpha value is -1.16. The maximum absolute atomic E-state index is 12.2. The molecule has 0 aliphatic heterocycles. The molecule has 104 valence electrons. The van der Waals surface area contributed by atoms with Crippen LogP contribution in [0.5, 0.6) is 0 Å². The van der Waals surface area contributed by atoms with E-state index in [1.807, 2.05) is 6.07 Å². The van der Waals surface area contributed by atoms with Gasteiger partial charge in [-0.05, 0) is 31.7 Å². The highest BCUT2D eigenvalue weighted by molar-refractivity contribution is 7.12. The van der Waals surface area contributed by atoms with E-state index in [9.17, 15) is 9.59 Å². The Kier molecular flexibility index (Phi) is 4.75. The Morgan fingerprint density at radius 2 is 2.26 bits per heavy atom. The summed E-state index contributed by atoms with van der Waals surface area (Å²) in [5, 5.41) is 8.83. The minimum Gasteiger partial charge on any atom is -0.481 e. The number of ketones is 1. The van der Waals surface area contributed by atoms with Crippen molar-refractivity contribution < 1.29 is 14.7 Å². The lowest BCUT2D eigenvalue weighted by atomic mass is 9.85. The fourth-order valence-electron chi connectivity index (χ4n) is 2.61. The van der Waals surface area contributed by atoms with Crippen LogP contribution in [0.3, 0.4) is 0 Å². The van der Waals surface area contributed by atoms with Gasteiger partial charge in [-0.15, -0.1) is 11.3 Å². The monoisotopic (exact) mass is 280 g/mol. The molecule has 1 atom stereocenters. The zero-order chi connectivity index (χ0) is 13.8. The van der Waals surface area contributed by atoms with Gasteiger partial charge in [0, 0.05) is 21.2 Å². The molecule has 1 N–H and O–H groups in total. The summed E-state index contributed by atoms with van der Waals surface area (Å²) in [5.41, 5.74) is 0.800. The van der Waals surface area contributed by atoms with Gasteiger partial charge in [0.1, 0.15) is 0 Å². The molecule has 0 aromatic carbocycles. The summed E-state index contributed by atoms with van der Waals surface area (Å²) < 4.78 is 0. The number of carboxylic acids is 1. The van der Waals surface area contributed by atoms with Gasteiger partial charge in [-0.25, -0.2) is 0 Å². The lowest BCUT2D eigenvalue weighted by molar-refractivity contribution is -0.137. The number of fused-ring (bicyclic) bond motifs is 1. The van der Waals surface area contributed by atoms with Crippen LogP contribution in [0.15, 0.2) is 6.07 Å². The van der Waals surface area contributed by atoms with Crippen molar-refractivity contribution >= 4 is 23.1 Å². The van der Waals surface area contributed by atoms with E-state index in [1.165, 1.54) is 24.1 Å². The average molecular weight is 280 g/mol. The van der Waals surface area contributed by atoms with Crippen molar-refractivity contribution in [3.8, 4) is 0 Å². The fraction of sp³-hybridized carbons (Fsp3) is 0.600. The highest BCUT2D eigenvalue weighted by atomic mass is 32.1. The summed E-state index contributed by atoms with van der Waals surface area (Å²) >= 11 is 1.74. The first-order chi connectivity index (χ1) is 9.11. The number of aliphatic carboxylic acids is 1. The molecule has 4 heteroatoms. The molecule has 0 saturated carbocycles. The first kappa shape index (κ1) is 14.3. The van der Waals surface area contributed by atoms with Gasteiger partial charge < -0.3 is 5.11 Å². The molecular weight excluding hydrogens is 260 g/mol. The maximum atomic E-state index is 12.2. The van der Waals surface area contributed by atoms with Gasteiger partial charge in [0.2, 0.25) is 0 Å². The molecular formula is C15H20O3S. The van der Waals surface area contributed by atoms with E-state index in [0.29, 0.717) is 6.42 Å². The highest BCUT2D eigenvalue weighted by Crippen LogP contribution is 2.34. The summed E-state index contributed by atoms with van der Waals surface area (Å²) in [6, 6.07) is 2.01. The molecule has 19 heavy (non-hydrogen) atoms. The second-order valence-corrected chi connectivity index (χ2v) is 6.43. The van der Waals surface area contributed by atoms with Crippen LogP contribution in [0.1, 0.15) is 59.1 Å². The van der Waals surface area contributed by atoms with E-state index in [-0.39, 0.29) is 18.1 Å². The molecule has 1 aliphatic carbocycles. The number of hydrogen-bond donors (Lipinski definition) is 1. The number of Topliss-reactive ketones (excluding diaryl/α,β-unsaturated/α-hetero) is 1. The van der Waals surface area contributed by atoms with E-state index < -0.39 is 5.97 Å². The van der Waals surface area contributed by atoms with Crippen LogP contribution in [0, 0.1) is 5.92 Å². The third-order valence-corrected chi connectivity index (χ3v) is 4.92. The maximum Gasteiger partial charge on any atom is 0.304 e. The fourth-order valence-corrected chi connectivity index (χ4v) is 3.84. The van der Waals surface area contributed by atoms with E-state index in [2.05, 4.69) is 6.92 Å². The Bertz CT molecular complexity index is 476. The molecule has 0 fully saturated rings. The number of unbranched alkanes of at least 4 members (excludes halogenated alkanes) is 2. The van der Waals surface area contributed by atoms with Crippen LogP contribution in [0.25, 0.3) is 0 Å². The molecule has 0 saturated heterocycles. The molecule has 1 unspecified atom stereocenters. The molecule has 0 radical (unpaired) electrons. The summed E-state index contributed by atoms with van der Waals surface area (Å²) in [7, 11) is 0. The summed E-state index contributed by atoms with van der Waals surface area (Å²) in [6.45, 7) is 2.18. The standard InChI is InChI=1S/C15H20O3S/c1-2-3-4-5-11-9-12-13(19-11)7-6-10(15(12)18)8-14(16)17/h9-10H,2-8H2,1H3,(H,16,17). The van der Waals surface area contributed by atoms with Gasteiger partial charge in [0.25, 0.3) is 0 Å². The second-order valence-electron chi connectivity index (χ2n) is 5.20. The number of hydrogen-bond acceptors (Lipinski definition) is 3. The van der Waals surface area contributed by atoms with Gasteiger partial charge in [-0.1, -0.05) is 19.8 Å². The average Bonchev–Trinajstić information content (AvgIpc) is 2.77. The smallest absolute Gasteiger partial charge is 0.304 e. The molecule has 1 aliphatic rings. The number of aryl methyl sites for hydroxylation is 2. The Balaban J connectivity index is 2.06. The molecule has 0 spiro atoms. The minimum absolute atomic E-state index is 0.0285. The van der Waals surface area contributed by atoms with E-state index >= 15 is 0 Å². The number of carboxylic acid groups (broad SMARTS) is 1. The molecule has 0 bridgehead atoms. The van der Waals surface area contributed by atoms with Crippen LogP contribution < -0.4 is 0 Å². The first-order valence-electron chi connectivity index (χ1n) is 6.99. The van der Waals surface area contributed by atoms with Crippen LogP contribution >= 0.6 is 11.3 Å². The highest BCUT2D eigenvalue weighted by Gasteiger charge is 2.30. The Morgan fingerprint density at radius 3 is 2.95 bits per heavy atom. The predicted octanol–water partition coefficient (Wildman–Crippen LogP) is 3.70. The lowest BCUT2D eigenvalue weighted by Crippen LogP contribution is -2.23. The third kappa shape index (κ3) is 3.44. The lowest BCUT2D eigenvalue weighted by Gasteiger charge is -2.18. The largest absolute Gasteiger partial charge is 0.481 e. The van der Waals surface area contributed by atoms with Crippen LogP contribution in [0.4, 0.5) is 0 Å². The minimum atomic E-state index is -0.875. The number of thiophene rings is 1. The number of carbonyl (C=O) groups excluding carboxylic acids is 1. The molecule has 0 amide bonds. The first-order valence-corrected chi connectivity index (χ1v) is 7.81. The summed E-state index contributed by atoms with van der Waals surface area (Å²) in [6.07, 6.45) is 6.15. The quantitative estimate of drug-likeness (QED) is 0.808. The van der Waals surface area contributed by atoms with E-state index in [4.69, 9.17) is 5.11 Å². The van der Waals surface area contributed by atoms with Crippen molar-refractivity contribution in [3.05, 3.63) is 21.4 Å². The Labute approximate surface area is 117 Å². The summed E-state index contributed by atoms with van der Waals surface area (Å²) in [4.78, 5) is 25.4. The molecule has 1 aromatic rings. The third-order valence-electron chi connectivity index (χ3n) is 3.66. The predicted molar refractivity (Wildman–Crippen MR) is 75.9 cm³/mol. The van der Waals surface area contributed by atoms with Crippen molar-refractivity contribution in [3.63, 3.8) is 0 Å². The zero-order valence-corrected chi connectivity index (χ0v) is 12.1. The zero-order valence-electron chi connectivity index (χ0n) is 11.3. The van der Waals surface area contributed by atoms with Gasteiger partial charge >= 0.3 is 5.97 Å². The second kappa shape index (κ2) is 6.33.